The number of aliphatic imine (C=N–C) groups is 1. The Hall–Kier alpha value is -4.08. The molecule has 10 heteroatoms. The Morgan fingerprint density at radius 3 is 2.36 bits per heavy atom. The number of nitrogens with zero attached hydrogens (tertiary/aromatic N) is 3. The average Bonchev–Trinajstić information content (AvgIpc) is 3.23. The van der Waals surface area contributed by atoms with Gasteiger partial charge in [0.25, 0.3) is 11.8 Å². The van der Waals surface area contributed by atoms with Crippen molar-refractivity contribution in [3.8, 4) is 0 Å². The van der Waals surface area contributed by atoms with Gasteiger partial charge in [0, 0.05) is 37.0 Å². The van der Waals surface area contributed by atoms with Gasteiger partial charge in [-0.05, 0) is 24.3 Å². The number of benzene rings is 2. The van der Waals surface area contributed by atoms with E-state index in [0.29, 0.717) is 6.54 Å². The van der Waals surface area contributed by atoms with Crippen LogP contribution in [0.3, 0.4) is 0 Å². The fourth-order valence-corrected chi connectivity index (χ4v) is 3.37. The number of nitrogens with one attached hydrogen (secondary N) is 2. The lowest BCUT2D eigenvalue weighted by molar-refractivity contribution is 0.102. The van der Waals surface area contributed by atoms with Gasteiger partial charge in [0.2, 0.25) is 0 Å². The number of aromatic nitrogens is 1. The molecule has 2 aromatic carbocycles. The van der Waals surface area contributed by atoms with Gasteiger partial charge < -0.3 is 15.5 Å². The minimum absolute atomic E-state index is 0.160. The minimum Gasteiger partial charge on any atom is -0.358 e. The van der Waals surface area contributed by atoms with E-state index in [9.17, 15) is 18.4 Å². The first-order valence-electron chi connectivity index (χ1n) is 10.2. The second kappa shape index (κ2) is 9.19. The second-order valence-electron chi connectivity index (χ2n) is 7.65. The van der Waals surface area contributed by atoms with Gasteiger partial charge in [0.1, 0.15) is 19.5 Å². The van der Waals surface area contributed by atoms with Crippen LogP contribution in [0.5, 0.6) is 0 Å². The monoisotopic (exact) mass is 447 g/mol. The summed E-state index contributed by atoms with van der Waals surface area (Å²) in [6.07, 6.45) is 1.56. The zero-order chi connectivity index (χ0) is 23.5. The van der Waals surface area contributed by atoms with E-state index >= 15 is 0 Å². The van der Waals surface area contributed by atoms with Crippen LogP contribution < -0.4 is 16.1 Å². The van der Waals surface area contributed by atoms with Crippen molar-refractivity contribution in [3.05, 3.63) is 83.1 Å². The zero-order valence-electron chi connectivity index (χ0n) is 18.0. The molecule has 7 nitrogen and oxygen atoms in total. The maximum absolute atomic E-state index is 13.9. The molecule has 1 aliphatic rings. The summed E-state index contributed by atoms with van der Waals surface area (Å²) in [5.41, 5.74) is 1.66. The number of amidine groups is 1. The summed E-state index contributed by atoms with van der Waals surface area (Å²) in [4.78, 5) is 36.0. The highest BCUT2D eigenvalue weighted by Gasteiger charge is 2.20. The van der Waals surface area contributed by atoms with E-state index in [2.05, 4.69) is 20.6 Å². The normalized spacial score (nSPS) is 12.9. The SMILES string of the molecule is Bc1ccc(NC(=O)c2cc(F)c(F)cc2NC(=O)c2ccc(C3=NCCN3C)cc2)nc1. The molecule has 3 aromatic rings. The van der Waals surface area contributed by atoms with Crippen molar-refractivity contribution in [2.75, 3.05) is 30.8 Å². The number of halogens is 2. The Bertz CT molecular complexity index is 1250. The van der Waals surface area contributed by atoms with E-state index in [-0.39, 0.29) is 22.6 Å². The van der Waals surface area contributed by atoms with Crippen molar-refractivity contribution in [2.45, 2.75) is 0 Å². The minimum atomic E-state index is -1.21. The lowest BCUT2D eigenvalue weighted by atomic mass is 9.99. The molecule has 2 heterocycles. The largest absolute Gasteiger partial charge is 0.358 e. The number of pyridine rings is 1. The van der Waals surface area contributed by atoms with Crippen molar-refractivity contribution in [1.82, 2.24) is 9.88 Å². The van der Waals surface area contributed by atoms with Gasteiger partial charge >= 0.3 is 0 Å². The van der Waals surface area contributed by atoms with Crippen molar-refractivity contribution >= 4 is 42.5 Å². The van der Waals surface area contributed by atoms with Crippen molar-refractivity contribution in [1.29, 1.82) is 0 Å². The Balaban J connectivity index is 1.55. The van der Waals surface area contributed by atoms with Gasteiger partial charge in [-0.15, -0.1) is 0 Å². The topological polar surface area (TPSA) is 86.7 Å². The quantitative estimate of drug-likeness (QED) is 0.585. The van der Waals surface area contributed by atoms with Crippen LogP contribution in [-0.2, 0) is 0 Å². The van der Waals surface area contributed by atoms with E-state index < -0.39 is 23.4 Å². The first-order chi connectivity index (χ1) is 15.8. The molecule has 0 spiro atoms. The summed E-state index contributed by atoms with van der Waals surface area (Å²) in [5, 5.41) is 5.02. The molecular weight excluding hydrogens is 427 g/mol. The highest BCUT2D eigenvalue weighted by atomic mass is 19.2. The van der Waals surface area contributed by atoms with Gasteiger partial charge in [-0.3, -0.25) is 14.6 Å². The number of rotatable bonds is 5. The molecule has 0 radical (unpaired) electrons. The maximum Gasteiger partial charge on any atom is 0.259 e. The molecule has 1 aromatic heterocycles. The van der Waals surface area contributed by atoms with E-state index in [1.165, 1.54) is 0 Å². The fraction of sp³-hybridized carbons (Fsp3) is 0.130. The number of anilines is 2. The van der Waals surface area contributed by atoms with Crippen LogP contribution in [0.4, 0.5) is 20.3 Å². The Morgan fingerprint density at radius 1 is 1.00 bits per heavy atom. The number of hydrogen-bond acceptors (Lipinski definition) is 5. The molecule has 2 N–H and O–H groups in total. The van der Waals surface area contributed by atoms with Crippen LogP contribution in [0.15, 0.2) is 59.7 Å². The highest BCUT2D eigenvalue weighted by Crippen LogP contribution is 2.22. The Morgan fingerprint density at radius 2 is 1.73 bits per heavy atom. The predicted octanol–water partition coefficient (Wildman–Crippen LogP) is 1.81. The van der Waals surface area contributed by atoms with E-state index in [1.54, 1.807) is 42.6 Å². The standard InChI is InChI=1S/C23H20BF2N5O2/c1-31-9-8-27-21(31)13-2-4-14(5-3-13)22(32)29-19-11-18(26)17(25)10-16(19)23(33)30-20-7-6-15(24)12-28-20/h2-7,10-12H,8-9,24H2,1H3,(H,29,32)(H,28,30,33). The summed E-state index contributed by atoms with van der Waals surface area (Å²) >= 11 is 0. The van der Waals surface area contributed by atoms with Gasteiger partial charge in [-0.25, -0.2) is 13.8 Å². The molecule has 0 bridgehead atoms. The maximum atomic E-state index is 13.9. The molecule has 4 rings (SSSR count). The van der Waals surface area contributed by atoms with Crippen LogP contribution in [0.2, 0.25) is 0 Å². The molecule has 0 fully saturated rings. The molecule has 1 aliphatic heterocycles. The predicted molar refractivity (Wildman–Crippen MR) is 125 cm³/mol. The number of amides is 2. The Kier molecular flexibility index (Phi) is 6.17. The first kappa shape index (κ1) is 22.1. The number of hydrogen-bond donors (Lipinski definition) is 2. The summed E-state index contributed by atoms with van der Waals surface area (Å²) in [5.74, 6) is -2.63. The molecule has 0 saturated carbocycles. The van der Waals surface area contributed by atoms with Crippen molar-refractivity contribution < 1.29 is 18.4 Å². The lowest BCUT2D eigenvalue weighted by Gasteiger charge is -2.14. The number of carbonyl (C=O) groups is 2. The smallest absolute Gasteiger partial charge is 0.259 e. The summed E-state index contributed by atoms with van der Waals surface area (Å²) in [6, 6.07) is 11.6. The molecule has 0 unspecified atom stereocenters. The molecule has 33 heavy (non-hydrogen) atoms. The van der Waals surface area contributed by atoms with E-state index in [0.717, 1.165) is 35.5 Å². The third-order valence-corrected chi connectivity index (χ3v) is 5.17. The summed E-state index contributed by atoms with van der Waals surface area (Å²) in [7, 11) is 3.78. The highest BCUT2D eigenvalue weighted by molar-refractivity contribution is 6.32. The molecule has 0 atom stereocenters. The van der Waals surface area contributed by atoms with Gasteiger partial charge in [0.05, 0.1) is 17.8 Å². The third-order valence-electron chi connectivity index (χ3n) is 5.17. The van der Waals surface area contributed by atoms with Gasteiger partial charge in [-0.2, -0.15) is 0 Å². The average molecular weight is 447 g/mol. The number of likely N-dealkylation sites (N-methyl/N-ethyl adjacent to an activating group) is 1. The third kappa shape index (κ3) is 4.89. The van der Waals surface area contributed by atoms with Gasteiger partial charge in [-0.1, -0.05) is 23.7 Å². The van der Waals surface area contributed by atoms with Crippen LogP contribution in [0, 0.1) is 11.6 Å². The zero-order valence-corrected chi connectivity index (χ0v) is 18.0. The van der Waals surface area contributed by atoms with Crippen LogP contribution in [0.1, 0.15) is 26.3 Å². The van der Waals surface area contributed by atoms with Crippen LogP contribution >= 0.6 is 0 Å². The fourth-order valence-electron chi connectivity index (χ4n) is 3.37. The van der Waals surface area contributed by atoms with Crippen LogP contribution in [-0.4, -0.2) is 55.5 Å². The summed E-state index contributed by atoms with van der Waals surface area (Å²) < 4.78 is 27.8. The van der Waals surface area contributed by atoms with Crippen molar-refractivity contribution in [3.63, 3.8) is 0 Å². The van der Waals surface area contributed by atoms with E-state index in [1.807, 2.05) is 19.8 Å². The molecule has 0 aliphatic carbocycles. The first-order valence-corrected chi connectivity index (χ1v) is 10.2. The lowest BCUT2D eigenvalue weighted by Crippen LogP contribution is -2.23. The molecule has 166 valence electrons. The van der Waals surface area contributed by atoms with Gasteiger partial charge in [0.15, 0.2) is 11.6 Å². The van der Waals surface area contributed by atoms with E-state index in [4.69, 9.17) is 0 Å². The van der Waals surface area contributed by atoms with Crippen molar-refractivity contribution in [2.24, 2.45) is 4.99 Å². The summed E-state index contributed by atoms with van der Waals surface area (Å²) in [6.45, 7) is 1.55. The number of carbonyl (C=O) groups excluding carboxylic acids is 2. The molecule has 2 amide bonds. The molecule has 0 saturated heterocycles. The Labute approximate surface area is 190 Å². The van der Waals surface area contributed by atoms with Crippen LogP contribution in [0.25, 0.3) is 0 Å². The second-order valence-corrected chi connectivity index (χ2v) is 7.65. The molecular formula is C23H20BF2N5O2.